The topological polar surface area (TPSA) is 91.9 Å². The van der Waals surface area contributed by atoms with Crippen LogP contribution in [0.3, 0.4) is 0 Å². The molecule has 0 fully saturated rings. The molecule has 0 amide bonds. The lowest BCUT2D eigenvalue weighted by Gasteiger charge is -2.27. The number of nitrogens with one attached hydrogen (secondary N) is 1. The molecule has 1 aromatic heterocycles. The standard InChI is InChI=1S/C19H27N3O2/c1-11(2)6-5-7-12(3)8-14-15(10-20)18(21)24-16-9-13(4)22-19(23)17(14)16/h9,11-12,14H,5-8,21H2,1-4H3,(H,22,23). The summed E-state index contributed by atoms with van der Waals surface area (Å²) in [5.41, 5.74) is 7.36. The SMILES string of the molecule is Cc1cc2c(c(=O)[nH]1)C(CC(C)CCCC(C)C)C(C#N)=C(N)O2. The van der Waals surface area contributed by atoms with Crippen LogP contribution in [0.1, 0.15) is 63.6 Å². The number of aromatic amines is 1. The molecule has 0 spiro atoms. The second kappa shape index (κ2) is 7.57. The van der Waals surface area contributed by atoms with Crippen molar-refractivity contribution < 1.29 is 4.74 Å². The van der Waals surface area contributed by atoms with E-state index in [4.69, 9.17) is 10.5 Å². The van der Waals surface area contributed by atoms with Crippen molar-refractivity contribution in [2.24, 2.45) is 17.6 Å². The minimum Gasteiger partial charge on any atom is -0.440 e. The number of hydrogen-bond acceptors (Lipinski definition) is 4. The van der Waals surface area contributed by atoms with Crippen molar-refractivity contribution >= 4 is 0 Å². The normalized spacial score (nSPS) is 18.1. The van der Waals surface area contributed by atoms with E-state index in [1.54, 1.807) is 13.0 Å². The summed E-state index contributed by atoms with van der Waals surface area (Å²) in [5, 5.41) is 9.48. The first-order chi connectivity index (χ1) is 11.3. The number of nitriles is 1. The first-order valence-corrected chi connectivity index (χ1v) is 8.64. The van der Waals surface area contributed by atoms with Crippen LogP contribution in [0.2, 0.25) is 0 Å². The molecule has 0 saturated heterocycles. The van der Waals surface area contributed by atoms with Gasteiger partial charge in [0.25, 0.3) is 5.56 Å². The van der Waals surface area contributed by atoms with Crippen molar-refractivity contribution in [1.82, 2.24) is 4.98 Å². The summed E-state index contributed by atoms with van der Waals surface area (Å²) < 4.78 is 5.54. The number of aromatic nitrogens is 1. The molecule has 24 heavy (non-hydrogen) atoms. The first-order valence-electron chi connectivity index (χ1n) is 8.64. The van der Waals surface area contributed by atoms with E-state index in [1.165, 1.54) is 6.42 Å². The van der Waals surface area contributed by atoms with Gasteiger partial charge in [-0.2, -0.15) is 5.26 Å². The quantitative estimate of drug-likeness (QED) is 0.832. The number of rotatable bonds is 6. The number of pyridine rings is 1. The third-order valence-electron chi connectivity index (χ3n) is 4.59. The van der Waals surface area contributed by atoms with E-state index in [-0.39, 0.29) is 17.4 Å². The molecule has 0 radical (unpaired) electrons. The molecule has 5 nitrogen and oxygen atoms in total. The lowest BCUT2D eigenvalue weighted by atomic mass is 9.81. The van der Waals surface area contributed by atoms with Gasteiger partial charge in [-0.05, 0) is 25.2 Å². The zero-order chi connectivity index (χ0) is 17.9. The van der Waals surface area contributed by atoms with E-state index in [2.05, 4.69) is 31.8 Å². The van der Waals surface area contributed by atoms with Crippen LogP contribution in [0, 0.1) is 30.1 Å². The fraction of sp³-hybridized carbons (Fsp3) is 0.579. The highest BCUT2D eigenvalue weighted by atomic mass is 16.5. The monoisotopic (exact) mass is 329 g/mol. The van der Waals surface area contributed by atoms with E-state index >= 15 is 0 Å². The highest BCUT2D eigenvalue weighted by Crippen LogP contribution is 2.40. The highest BCUT2D eigenvalue weighted by Gasteiger charge is 2.32. The Kier molecular flexibility index (Phi) is 5.71. The van der Waals surface area contributed by atoms with Gasteiger partial charge in [0.1, 0.15) is 11.8 Å². The molecule has 0 aliphatic carbocycles. The Morgan fingerprint density at radius 1 is 1.38 bits per heavy atom. The summed E-state index contributed by atoms with van der Waals surface area (Å²) >= 11 is 0. The fourth-order valence-corrected chi connectivity index (χ4v) is 3.34. The number of nitrogens with two attached hydrogens (primary N) is 1. The van der Waals surface area contributed by atoms with Crippen molar-refractivity contribution in [2.45, 2.75) is 59.3 Å². The van der Waals surface area contributed by atoms with Gasteiger partial charge in [-0.1, -0.05) is 40.0 Å². The van der Waals surface area contributed by atoms with E-state index in [0.29, 0.717) is 28.7 Å². The molecule has 2 atom stereocenters. The van der Waals surface area contributed by atoms with Gasteiger partial charge in [-0.3, -0.25) is 4.79 Å². The maximum atomic E-state index is 12.4. The van der Waals surface area contributed by atoms with Gasteiger partial charge in [-0.25, -0.2) is 0 Å². The molecule has 130 valence electrons. The number of aryl methyl sites for hydroxylation is 1. The van der Waals surface area contributed by atoms with Crippen molar-refractivity contribution in [3.8, 4) is 11.8 Å². The van der Waals surface area contributed by atoms with Crippen LogP contribution in [0.25, 0.3) is 0 Å². The minimum absolute atomic E-state index is 0.120. The Bertz CT molecular complexity index is 725. The predicted octanol–water partition coefficient (Wildman–Crippen LogP) is 3.71. The number of H-pyrrole nitrogens is 1. The fourth-order valence-electron chi connectivity index (χ4n) is 3.34. The van der Waals surface area contributed by atoms with Gasteiger partial charge in [0.05, 0.1) is 11.1 Å². The van der Waals surface area contributed by atoms with Gasteiger partial charge in [0.2, 0.25) is 5.88 Å². The van der Waals surface area contributed by atoms with Crippen LogP contribution in [0.15, 0.2) is 22.3 Å². The third kappa shape index (κ3) is 4.00. The number of fused-ring (bicyclic) bond motifs is 1. The van der Waals surface area contributed by atoms with Gasteiger partial charge in [0.15, 0.2) is 0 Å². The third-order valence-corrected chi connectivity index (χ3v) is 4.59. The second-order valence-corrected chi connectivity index (χ2v) is 7.27. The average Bonchev–Trinajstić information content (AvgIpc) is 2.45. The van der Waals surface area contributed by atoms with Crippen LogP contribution in [0.4, 0.5) is 0 Å². The van der Waals surface area contributed by atoms with E-state index < -0.39 is 0 Å². The van der Waals surface area contributed by atoms with Crippen molar-refractivity contribution in [2.75, 3.05) is 0 Å². The molecule has 2 rings (SSSR count). The van der Waals surface area contributed by atoms with Crippen LogP contribution < -0.4 is 16.0 Å². The lowest BCUT2D eigenvalue weighted by molar-refractivity contribution is 0.361. The highest BCUT2D eigenvalue weighted by molar-refractivity contribution is 5.49. The van der Waals surface area contributed by atoms with Gasteiger partial charge < -0.3 is 15.5 Å². The zero-order valence-electron chi connectivity index (χ0n) is 15.0. The van der Waals surface area contributed by atoms with Gasteiger partial charge in [0, 0.05) is 17.7 Å². The van der Waals surface area contributed by atoms with Crippen molar-refractivity contribution in [3.05, 3.63) is 39.1 Å². The number of allylic oxidation sites excluding steroid dienone is 1. The molecule has 0 saturated carbocycles. The molecule has 1 aromatic rings. The maximum Gasteiger partial charge on any atom is 0.255 e. The molecule has 2 heterocycles. The Morgan fingerprint density at radius 3 is 2.71 bits per heavy atom. The van der Waals surface area contributed by atoms with Crippen LogP contribution in [-0.2, 0) is 0 Å². The summed E-state index contributed by atoms with van der Waals surface area (Å²) in [6, 6.07) is 3.92. The first kappa shape index (κ1) is 18.1. The van der Waals surface area contributed by atoms with E-state index in [0.717, 1.165) is 25.0 Å². The van der Waals surface area contributed by atoms with Gasteiger partial charge in [-0.15, -0.1) is 0 Å². The summed E-state index contributed by atoms with van der Waals surface area (Å²) in [7, 11) is 0. The molecular weight excluding hydrogens is 302 g/mol. The molecule has 0 aromatic carbocycles. The number of nitrogens with zero attached hydrogens (tertiary/aromatic N) is 1. The molecule has 3 N–H and O–H groups in total. The second-order valence-electron chi connectivity index (χ2n) is 7.27. The summed E-state index contributed by atoms with van der Waals surface area (Å²) in [6.45, 7) is 8.41. The summed E-state index contributed by atoms with van der Waals surface area (Å²) in [5.74, 6) is 1.40. The van der Waals surface area contributed by atoms with Crippen molar-refractivity contribution in [1.29, 1.82) is 5.26 Å². The van der Waals surface area contributed by atoms with E-state index in [9.17, 15) is 10.1 Å². The van der Waals surface area contributed by atoms with Crippen LogP contribution >= 0.6 is 0 Å². The molecule has 2 unspecified atom stereocenters. The molecule has 1 aliphatic heterocycles. The Hall–Kier alpha value is -2.22. The Balaban J connectivity index is 2.27. The minimum atomic E-state index is -0.294. The smallest absolute Gasteiger partial charge is 0.255 e. The number of hydrogen-bond donors (Lipinski definition) is 2. The predicted molar refractivity (Wildman–Crippen MR) is 94.5 cm³/mol. The molecular formula is C19H27N3O2. The number of ether oxygens (including phenoxy) is 1. The molecule has 5 heteroatoms. The van der Waals surface area contributed by atoms with Crippen molar-refractivity contribution in [3.63, 3.8) is 0 Å². The van der Waals surface area contributed by atoms with Crippen LogP contribution in [0.5, 0.6) is 5.75 Å². The Labute approximate surface area is 143 Å². The Morgan fingerprint density at radius 2 is 2.08 bits per heavy atom. The molecule has 1 aliphatic rings. The average molecular weight is 329 g/mol. The summed E-state index contributed by atoms with van der Waals surface area (Å²) in [4.78, 5) is 15.3. The van der Waals surface area contributed by atoms with E-state index in [1.807, 2.05) is 0 Å². The van der Waals surface area contributed by atoms with Gasteiger partial charge >= 0.3 is 0 Å². The lowest BCUT2D eigenvalue weighted by Crippen LogP contribution is -2.28. The van der Waals surface area contributed by atoms with Crippen LogP contribution in [-0.4, -0.2) is 4.98 Å². The largest absolute Gasteiger partial charge is 0.440 e. The zero-order valence-corrected chi connectivity index (χ0v) is 15.0. The summed E-state index contributed by atoms with van der Waals surface area (Å²) in [6.07, 6.45) is 4.15. The maximum absolute atomic E-state index is 12.4. The molecule has 0 bridgehead atoms.